The molecule has 4 rings (SSSR count). The molecule has 4 aromatic rings. The van der Waals surface area contributed by atoms with Crippen molar-refractivity contribution >= 4 is 17.0 Å². The van der Waals surface area contributed by atoms with Gasteiger partial charge in [0.25, 0.3) is 0 Å². The number of rotatable bonds is 5. The predicted octanol–water partition coefficient (Wildman–Crippen LogP) is 5.18. The molecule has 3 aromatic carbocycles. The second-order valence-corrected chi connectivity index (χ2v) is 6.34. The zero-order chi connectivity index (χ0) is 18.5. The van der Waals surface area contributed by atoms with Gasteiger partial charge >= 0.3 is 6.09 Å². The van der Waals surface area contributed by atoms with Crippen molar-refractivity contribution in [1.82, 2.24) is 10.3 Å². The largest absolute Gasteiger partial charge is 0.445 e. The average Bonchev–Trinajstić information content (AvgIpc) is 3.16. The molecule has 0 aliphatic rings. The van der Waals surface area contributed by atoms with E-state index in [0.29, 0.717) is 0 Å². The molecule has 4 heteroatoms. The summed E-state index contributed by atoms with van der Waals surface area (Å²) in [5.74, 6) is 0. The van der Waals surface area contributed by atoms with Crippen molar-refractivity contribution in [2.24, 2.45) is 0 Å². The topological polar surface area (TPSA) is 54.1 Å². The van der Waals surface area contributed by atoms with Crippen LogP contribution in [0.2, 0.25) is 0 Å². The third kappa shape index (κ3) is 3.85. The molecule has 0 aliphatic heterocycles. The smallest absolute Gasteiger partial charge is 0.408 e. The van der Waals surface area contributed by atoms with Crippen molar-refractivity contribution in [2.75, 3.05) is 0 Å². The highest BCUT2D eigenvalue weighted by molar-refractivity contribution is 5.84. The standard InChI is InChI=1S/C23H20N2O2/c26-23(27-16-17-9-3-1-4-10-17)25-22(18-11-5-2-6-12-18)20-15-24-21-14-8-7-13-19(20)21/h1-15,22,24H,16H2,(H,25,26). The number of aromatic nitrogens is 1. The van der Waals surface area contributed by atoms with Gasteiger partial charge in [-0.2, -0.15) is 0 Å². The Morgan fingerprint density at radius 3 is 2.33 bits per heavy atom. The lowest BCUT2D eigenvalue weighted by Crippen LogP contribution is -2.29. The van der Waals surface area contributed by atoms with Gasteiger partial charge in [0, 0.05) is 22.7 Å². The molecule has 0 saturated carbocycles. The van der Waals surface area contributed by atoms with E-state index in [-0.39, 0.29) is 12.6 Å². The number of H-pyrrole nitrogens is 1. The van der Waals surface area contributed by atoms with Gasteiger partial charge in [-0.3, -0.25) is 0 Å². The molecule has 1 heterocycles. The van der Waals surface area contributed by atoms with Gasteiger partial charge in [0.05, 0.1) is 6.04 Å². The first-order valence-electron chi connectivity index (χ1n) is 8.89. The van der Waals surface area contributed by atoms with E-state index in [1.807, 2.05) is 91.1 Å². The fourth-order valence-corrected chi connectivity index (χ4v) is 3.20. The zero-order valence-electron chi connectivity index (χ0n) is 14.8. The SMILES string of the molecule is O=C(NC(c1ccccc1)c1c[nH]c2ccccc12)OCc1ccccc1. The van der Waals surface area contributed by atoms with E-state index < -0.39 is 6.09 Å². The van der Waals surface area contributed by atoms with Crippen LogP contribution in [-0.2, 0) is 11.3 Å². The first-order valence-corrected chi connectivity index (χ1v) is 8.89. The lowest BCUT2D eigenvalue weighted by molar-refractivity contribution is 0.137. The highest BCUT2D eigenvalue weighted by atomic mass is 16.5. The van der Waals surface area contributed by atoms with Crippen LogP contribution >= 0.6 is 0 Å². The van der Waals surface area contributed by atoms with E-state index in [1.54, 1.807) is 0 Å². The van der Waals surface area contributed by atoms with Crippen molar-refractivity contribution in [3.05, 3.63) is 108 Å². The van der Waals surface area contributed by atoms with Crippen molar-refractivity contribution in [1.29, 1.82) is 0 Å². The summed E-state index contributed by atoms with van der Waals surface area (Å²) < 4.78 is 5.43. The molecule has 1 aromatic heterocycles. The van der Waals surface area contributed by atoms with Crippen LogP contribution in [0, 0.1) is 0 Å². The fourth-order valence-electron chi connectivity index (χ4n) is 3.20. The number of ether oxygens (including phenoxy) is 1. The van der Waals surface area contributed by atoms with E-state index in [4.69, 9.17) is 4.74 Å². The van der Waals surface area contributed by atoms with Crippen LogP contribution in [0.15, 0.2) is 91.1 Å². The summed E-state index contributed by atoms with van der Waals surface area (Å²) in [4.78, 5) is 15.8. The van der Waals surface area contributed by atoms with E-state index in [1.165, 1.54) is 0 Å². The second-order valence-electron chi connectivity index (χ2n) is 6.34. The molecule has 4 nitrogen and oxygen atoms in total. The van der Waals surface area contributed by atoms with E-state index in [9.17, 15) is 4.79 Å². The van der Waals surface area contributed by atoms with Gasteiger partial charge in [-0.25, -0.2) is 4.79 Å². The summed E-state index contributed by atoms with van der Waals surface area (Å²) in [6.07, 6.45) is 1.50. The summed E-state index contributed by atoms with van der Waals surface area (Å²) >= 11 is 0. The van der Waals surface area contributed by atoms with Gasteiger partial charge in [-0.05, 0) is 17.2 Å². The molecule has 0 saturated heterocycles. The third-order valence-corrected chi connectivity index (χ3v) is 4.54. The number of nitrogens with one attached hydrogen (secondary N) is 2. The summed E-state index contributed by atoms with van der Waals surface area (Å²) in [6, 6.07) is 27.3. The number of para-hydroxylation sites is 1. The Morgan fingerprint density at radius 1 is 0.889 bits per heavy atom. The van der Waals surface area contributed by atoms with Crippen molar-refractivity contribution in [3.63, 3.8) is 0 Å². The summed E-state index contributed by atoms with van der Waals surface area (Å²) in [5.41, 5.74) is 4.00. The minimum absolute atomic E-state index is 0.238. The molecule has 0 aliphatic carbocycles. The molecule has 0 spiro atoms. The van der Waals surface area contributed by atoms with Gasteiger partial charge < -0.3 is 15.0 Å². The first-order chi connectivity index (χ1) is 13.3. The Hall–Kier alpha value is -3.53. The Bertz CT molecular complexity index is 1030. The minimum Gasteiger partial charge on any atom is -0.445 e. The van der Waals surface area contributed by atoms with Crippen LogP contribution in [0.4, 0.5) is 4.79 Å². The third-order valence-electron chi connectivity index (χ3n) is 4.54. The average molecular weight is 356 g/mol. The number of hydrogen-bond donors (Lipinski definition) is 2. The van der Waals surface area contributed by atoms with Crippen LogP contribution in [-0.4, -0.2) is 11.1 Å². The Kier molecular flexibility index (Phi) is 4.88. The monoisotopic (exact) mass is 356 g/mol. The maximum absolute atomic E-state index is 12.5. The van der Waals surface area contributed by atoms with Crippen LogP contribution in [0.1, 0.15) is 22.7 Å². The molecule has 27 heavy (non-hydrogen) atoms. The lowest BCUT2D eigenvalue weighted by atomic mass is 9.98. The van der Waals surface area contributed by atoms with E-state index >= 15 is 0 Å². The van der Waals surface area contributed by atoms with Gasteiger partial charge in [0.15, 0.2) is 0 Å². The Balaban J connectivity index is 1.58. The number of carbonyl (C=O) groups excluding carboxylic acids is 1. The Labute approximate surface area is 157 Å². The summed E-state index contributed by atoms with van der Waals surface area (Å²) in [5, 5.41) is 4.10. The quantitative estimate of drug-likeness (QED) is 0.517. The van der Waals surface area contributed by atoms with Gasteiger partial charge in [0.2, 0.25) is 0 Å². The van der Waals surface area contributed by atoms with Crippen LogP contribution in [0.25, 0.3) is 10.9 Å². The maximum atomic E-state index is 12.5. The maximum Gasteiger partial charge on any atom is 0.408 e. The van der Waals surface area contributed by atoms with Crippen molar-refractivity contribution in [2.45, 2.75) is 12.6 Å². The molecule has 2 N–H and O–H groups in total. The molecular formula is C23H20N2O2. The van der Waals surface area contributed by atoms with Crippen molar-refractivity contribution in [3.8, 4) is 0 Å². The highest BCUT2D eigenvalue weighted by Gasteiger charge is 2.20. The second kappa shape index (κ2) is 7.79. The minimum atomic E-state index is -0.446. The summed E-state index contributed by atoms with van der Waals surface area (Å²) in [6.45, 7) is 0.238. The molecule has 1 atom stereocenters. The molecule has 0 radical (unpaired) electrons. The number of hydrogen-bond acceptors (Lipinski definition) is 2. The van der Waals surface area contributed by atoms with Gasteiger partial charge in [-0.15, -0.1) is 0 Å². The lowest BCUT2D eigenvalue weighted by Gasteiger charge is -2.19. The number of carbonyl (C=O) groups is 1. The predicted molar refractivity (Wildman–Crippen MR) is 106 cm³/mol. The Morgan fingerprint density at radius 2 is 1.56 bits per heavy atom. The molecule has 134 valence electrons. The molecule has 0 fully saturated rings. The molecular weight excluding hydrogens is 336 g/mol. The van der Waals surface area contributed by atoms with Crippen LogP contribution in [0.5, 0.6) is 0 Å². The van der Waals surface area contributed by atoms with Crippen LogP contribution < -0.4 is 5.32 Å². The number of amides is 1. The van der Waals surface area contributed by atoms with Crippen LogP contribution in [0.3, 0.4) is 0 Å². The van der Waals surface area contributed by atoms with Crippen molar-refractivity contribution < 1.29 is 9.53 Å². The first kappa shape index (κ1) is 16.9. The number of benzene rings is 3. The fraction of sp³-hybridized carbons (Fsp3) is 0.0870. The normalized spacial score (nSPS) is 11.9. The number of alkyl carbamates (subject to hydrolysis) is 1. The highest BCUT2D eigenvalue weighted by Crippen LogP contribution is 2.29. The van der Waals surface area contributed by atoms with E-state index in [2.05, 4.69) is 10.3 Å². The van der Waals surface area contributed by atoms with Gasteiger partial charge in [-0.1, -0.05) is 78.9 Å². The summed E-state index contributed by atoms with van der Waals surface area (Å²) in [7, 11) is 0. The number of aromatic amines is 1. The number of fused-ring (bicyclic) bond motifs is 1. The zero-order valence-corrected chi connectivity index (χ0v) is 14.8. The van der Waals surface area contributed by atoms with E-state index in [0.717, 1.165) is 27.6 Å². The molecule has 1 amide bonds. The molecule has 1 unspecified atom stereocenters. The van der Waals surface area contributed by atoms with Gasteiger partial charge in [0.1, 0.15) is 6.61 Å². The molecule has 0 bridgehead atoms.